The van der Waals surface area contributed by atoms with Gasteiger partial charge >= 0.3 is 0 Å². The average molecular weight is 258 g/mol. The van der Waals surface area contributed by atoms with Crippen molar-refractivity contribution >= 4 is 17.9 Å². The Bertz CT molecular complexity index is 778. The molecule has 0 aliphatic heterocycles. The Kier molecular flexibility index (Phi) is 2.46. The fraction of sp³-hybridized carbons (Fsp3) is 0.105. The van der Waals surface area contributed by atoms with Crippen molar-refractivity contribution in [3.8, 4) is 0 Å². The van der Waals surface area contributed by atoms with Crippen LogP contribution in [-0.2, 0) is 17.6 Å². The van der Waals surface area contributed by atoms with Crippen molar-refractivity contribution in [3.05, 3.63) is 81.9 Å². The molecular formula is C19H14O. The number of carbonyl (C=O) groups is 1. The van der Waals surface area contributed by atoms with E-state index < -0.39 is 0 Å². The SMILES string of the molecule is O=CC1=C(C2=Cc3ccccc3C2)Cc2ccccc21. The first-order valence-electron chi connectivity index (χ1n) is 6.92. The van der Waals surface area contributed by atoms with Crippen molar-refractivity contribution < 1.29 is 4.79 Å². The Hall–Kier alpha value is -2.41. The number of aldehydes is 1. The Morgan fingerprint density at radius 3 is 2.40 bits per heavy atom. The van der Waals surface area contributed by atoms with Crippen LogP contribution in [0.3, 0.4) is 0 Å². The predicted molar refractivity (Wildman–Crippen MR) is 81.3 cm³/mol. The van der Waals surface area contributed by atoms with Crippen LogP contribution in [0.1, 0.15) is 22.3 Å². The second-order valence-electron chi connectivity index (χ2n) is 5.39. The lowest BCUT2D eigenvalue weighted by molar-refractivity contribution is -0.103. The lowest BCUT2D eigenvalue weighted by Gasteiger charge is -2.04. The summed E-state index contributed by atoms with van der Waals surface area (Å²) >= 11 is 0. The lowest BCUT2D eigenvalue weighted by atomic mass is 9.99. The third-order valence-corrected chi connectivity index (χ3v) is 4.27. The summed E-state index contributed by atoms with van der Waals surface area (Å²) in [7, 11) is 0. The minimum atomic E-state index is 0.875. The standard InChI is InChI=1S/C19H14O/c20-12-19-17-8-4-3-7-15(17)11-18(19)16-9-13-5-1-2-6-14(13)10-16/h1-9,12H,10-11H2. The molecule has 1 nitrogen and oxygen atoms in total. The normalized spacial score (nSPS) is 15.9. The number of fused-ring (bicyclic) bond motifs is 2. The largest absolute Gasteiger partial charge is 0.298 e. The van der Waals surface area contributed by atoms with E-state index in [0.717, 1.165) is 30.3 Å². The molecule has 1 heteroatoms. The Morgan fingerprint density at radius 1 is 0.850 bits per heavy atom. The zero-order valence-corrected chi connectivity index (χ0v) is 11.1. The molecule has 0 aromatic heterocycles. The van der Waals surface area contributed by atoms with Crippen molar-refractivity contribution in [2.75, 3.05) is 0 Å². The summed E-state index contributed by atoms with van der Waals surface area (Å²) in [6.07, 6.45) is 5.08. The van der Waals surface area contributed by atoms with E-state index in [1.165, 1.54) is 27.8 Å². The van der Waals surface area contributed by atoms with Crippen LogP contribution in [0.5, 0.6) is 0 Å². The molecule has 0 radical (unpaired) electrons. The summed E-state index contributed by atoms with van der Waals surface area (Å²) < 4.78 is 0. The number of rotatable bonds is 2. The highest BCUT2D eigenvalue weighted by Crippen LogP contribution is 2.39. The van der Waals surface area contributed by atoms with Crippen LogP contribution < -0.4 is 0 Å². The Morgan fingerprint density at radius 2 is 1.60 bits per heavy atom. The zero-order chi connectivity index (χ0) is 13.5. The van der Waals surface area contributed by atoms with Gasteiger partial charge in [0.05, 0.1) is 0 Å². The highest BCUT2D eigenvalue weighted by molar-refractivity contribution is 6.12. The van der Waals surface area contributed by atoms with E-state index in [-0.39, 0.29) is 0 Å². The molecule has 2 aliphatic carbocycles. The van der Waals surface area contributed by atoms with E-state index in [9.17, 15) is 4.79 Å². The fourth-order valence-corrected chi connectivity index (χ4v) is 3.28. The first kappa shape index (κ1) is 11.4. The number of benzene rings is 2. The first-order chi connectivity index (χ1) is 9.86. The van der Waals surface area contributed by atoms with Gasteiger partial charge in [-0.3, -0.25) is 4.79 Å². The van der Waals surface area contributed by atoms with Gasteiger partial charge in [-0.05, 0) is 46.2 Å². The first-order valence-corrected chi connectivity index (χ1v) is 6.92. The van der Waals surface area contributed by atoms with E-state index in [4.69, 9.17) is 0 Å². The summed E-state index contributed by atoms with van der Waals surface area (Å²) in [5, 5.41) is 0. The fourth-order valence-electron chi connectivity index (χ4n) is 3.28. The summed E-state index contributed by atoms with van der Waals surface area (Å²) in [6.45, 7) is 0. The molecule has 0 bridgehead atoms. The van der Waals surface area contributed by atoms with Crippen LogP contribution >= 0.6 is 0 Å². The molecule has 0 fully saturated rings. The maximum atomic E-state index is 11.5. The number of hydrogen-bond acceptors (Lipinski definition) is 1. The molecule has 2 aliphatic rings. The molecule has 0 saturated heterocycles. The topological polar surface area (TPSA) is 17.1 Å². The van der Waals surface area contributed by atoms with E-state index in [2.05, 4.69) is 42.5 Å². The molecule has 0 atom stereocenters. The maximum Gasteiger partial charge on any atom is 0.150 e. The molecule has 0 amide bonds. The van der Waals surface area contributed by atoms with Gasteiger partial charge in [0.1, 0.15) is 0 Å². The highest BCUT2D eigenvalue weighted by Gasteiger charge is 2.25. The molecule has 4 rings (SSSR count). The van der Waals surface area contributed by atoms with Crippen molar-refractivity contribution in [3.63, 3.8) is 0 Å². The Balaban J connectivity index is 1.80. The number of carbonyl (C=O) groups excluding carboxylic acids is 1. The summed E-state index contributed by atoms with van der Waals surface area (Å²) in [4.78, 5) is 11.5. The van der Waals surface area contributed by atoms with Crippen LogP contribution in [0.2, 0.25) is 0 Å². The van der Waals surface area contributed by atoms with Gasteiger partial charge in [0.25, 0.3) is 0 Å². The molecule has 0 N–H and O–H groups in total. The van der Waals surface area contributed by atoms with Crippen molar-refractivity contribution in [2.45, 2.75) is 12.8 Å². The van der Waals surface area contributed by atoms with Crippen LogP contribution in [-0.4, -0.2) is 6.29 Å². The van der Waals surface area contributed by atoms with E-state index in [0.29, 0.717) is 0 Å². The van der Waals surface area contributed by atoms with Crippen molar-refractivity contribution in [1.29, 1.82) is 0 Å². The molecule has 96 valence electrons. The molecule has 20 heavy (non-hydrogen) atoms. The second kappa shape index (κ2) is 4.31. The molecule has 0 saturated carbocycles. The minimum Gasteiger partial charge on any atom is -0.298 e. The molecule has 0 heterocycles. The third-order valence-electron chi connectivity index (χ3n) is 4.27. The number of hydrogen-bond donors (Lipinski definition) is 0. The van der Waals surface area contributed by atoms with E-state index >= 15 is 0 Å². The van der Waals surface area contributed by atoms with Gasteiger partial charge in [-0.2, -0.15) is 0 Å². The molecule has 0 unspecified atom stereocenters. The maximum absolute atomic E-state index is 11.5. The number of allylic oxidation sites excluding steroid dienone is 3. The quantitative estimate of drug-likeness (QED) is 0.748. The van der Waals surface area contributed by atoms with Gasteiger partial charge in [-0.1, -0.05) is 54.6 Å². The molecule has 2 aromatic carbocycles. The van der Waals surface area contributed by atoms with Crippen LogP contribution in [0.25, 0.3) is 11.6 Å². The molecular weight excluding hydrogens is 244 g/mol. The van der Waals surface area contributed by atoms with Gasteiger partial charge in [0, 0.05) is 5.57 Å². The van der Waals surface area contributed by atoms with Crippen molar-refractivity contribution in [2.24, 2.45) is 0 Å². The summed E-state index contributed by atoms with van der Waals surface area (Å²) in [5.41, 5.74) is 8.39. The van der Waals surface area contributed by atoms with Gasteiger partial charge in [-0.15, -0.1) is 0 Å². The third kappa shape index (κ3) is 1.60. The van der Waals surface area contributed by atoms with E-state index in [1.807, 2.05) is 12.1 Å². The van der Waals surface area contributed by atoms with Gasteiger partial charge < -0.3 is 0 Å². The van der Waals surface area contributed by atoms with Gasteiger partial charge in [0.15, 0.2) is 6.29 Å². The Labute approximate surface area is 118 Å². The second-order valence-corrected chi connectivity index (χ2v) is 5.39. The lowest BCUT2D eigenvalue weighted by Crippen LogP contribution is -1.93. The van der Waals surface area contributed by atoms with Crippen LogP contribution in [0.4, 0.5) is 0 Å². The van der Waals surface area contributed by atoms with E-state index in [1.54, 1.807) is 0 Å². The monoisotopic (exact) mass is 258 g/mol. The van der Waals surface area contributed by atoms with Gasteiger partial charge in [0.2, 0.25) is 0 Å². The summed E-state index contributed by atoms with van der Waals surface area (Å²) in [6, 6.07) is 16.7. The average Bonchev–Trinajstić information content (AvgIpc) is 3.07. The predicted octanol–water partition coefficient (Wildman–Crippen LogP) is 3.83. The van der Waals surface area contributed by atoms with Crippen molar-refractivity contribution in [1.82, 2.24) is 0 Å². The highest BCUT2D eigenvalue weighted by atomic mass is 16.1. The summed E-state index contributed by atoms with van der Waals surface area (Å²) in [5.74, 6) is 0. The zero-order valence-electron chi connectivity index (χ0n) is 11.1. The smallest absolute Gasteiger partial charge is 0.150 e. The van der Waals surface area contributed by atoms with Crippen LogP contribution in [0.15, 0.2) is 59.7 Å². The molecule has 0 spiro atoms. The van der Waals surface area contributed by atoms with Gasteiger partial charge in [-0.25, -0.2) is 0 Å². The molecule has 2 aromatic rings. The minimum absolute atomic E-state index is 0.875. The van der Waals surface area contributed by atoms with Crippen LogP contribution in [0, 0.1) is 0 Å².